The monoisotopic (exact) mass is 466 g/mol. The highest BCUT2D eigenvalue weighted by molar-refractivity contribution is 5.75. The van der Waals surface area contributed by atoms with E-state index in [1.165, 1.54) is 17.0 Å². The van der Waals surface area contributed by atoms with E-state index < -0.39 is 11.7 Å². The third kappa shape index (κ3) is 6.73. The van der Waals surface area contributed by atoms with Crippen LogP contribution in [0.2, 0.25) is 0 Å². The highest BCUT2D eigenvalue weighted by Crippen LogP contribution is 2.18. The lowest BCUT2D eigenvalue weighted by atomic mass is 10.2. The summed E-state index contributed by atoms with van der Waals surface area (Å²) in [6.07, 6.45) is 2.81. The summed E-state index contributed by atoms with van der Waals surface area (Å²) in [5.74, 6) is 0.386. The average molecular weight is 467 g/mol. The van der Waals surface area contributed by atoms with Gasteiger partial charge >= 0.3 is 6.09 Å². The van der Waals surface area contributed by atoms with Crippen LogP contribution in [0.3, 0.4) is 0 Å². The number of halogens is 1. The second kappa shape index (κ2) is 10.6. The molecule has 3 aromatic rings. The first-order chi connectivity index (χ1) is 16.1. The van der Waals surface area contributed by atoms with E-state index in [9.17, 15) is 14.0 Å². The minimum Gasteiger partial charge on any atom is -0.444 e. The maximum absolute atomic E-state index is 13.4. The number of hydrogen-bond donors (Lipinski definition) is 0. The molecule has 0 unspecified atom stereocenters. The largest absolute Gasteiger partial charge is 0.444 e. The molecule has 2 aromatic heterocycles. The summed E-state index contributed by atoms with van der Waals surface area (Å²) in [4.78, 5) is 35.0. The summed E-state index contributed by atoms with van der Waals surface area (Å²) in [6.45, 7) is 10.1. The van der Waals surface area contributed by atoms with E-state index in [2.05, 4.69) is 9.97 Å². The van der Waals surface area contributed by atoms with Crippen molar-refractivity contribution < 1.29 is 18.7 Å². The first kappa shape index (κ1) is 25.1. The standard InChI is InChI=1S/C26H31FN4O3/c1-6-23-13-28-24(31(23)14-19-7-9-21(27)10-8-19)16-30(25(33)34-26(3,4)5)15-22-12-20(17-32)11-18(2)29-22/h7-13,17H,6,14-16H2,1-5H3. The SMILES string of the molecule is CCc1cnc(CN(Cc2cc(C=O)cc(C)n2)C(=O)OC(C)(C)C)n1Cc1ccc(F)cc1. The molecule has 2 heterocycles. The first-order valence-electron chi connectivity index (χ1n) is 11.3. The van der Waals surface area contributed by atoms with Gasteiger partial charge < -0.3 is 9.30 Å². The van der Waals surface area contributed by atoms with E-state index in [0.717, 1.165) is 24.0 Å². The quantitative estimate of drug-likeness (QED) is 0.433. The Balaban J connectivity index is 1.93. The average Bonchev–Trinajstić information content (AvgIpc) is 3.14. The van der Waals surface area contributed by atoms with Gasteiger partial charge in [-0.15, -0.1) is 0 Å². The van der Waals surface area contributed by atoms with Crippen LogP contribution in [0.25, 0.3) is 0 Å². The van der Waals surface area contributed by atoms with Crippen LogP contribution in [0.15, 0.2) is 42.6 Å². The molecule has 1 amide bonds. The van der Waals surface area contributed by atoms with E-state index in [1.54, 1.807) is 37.4 Å². The van der Waals surface area contributed by atoms with Gasteiger partial charge in [0, 0.05) is 29.7 Å². The molecule has 0 aliphatic carbocycles. The molecule has 0 saturated carbocycles. The molecule has 0 radical (unpaired) electrons. The molecule has 7 nitrogen and oxygen atoms in total. The van der Waals surface area contributed by atoms with Gasteiger partial charge in [0.15, 0.2) is 0 Å². The van der Waals surface area contributed by atoms with Gasteiger partial charge in [-0.05, 0) is 63.9 Å². The minimum atomic E-state index is -0.679. The van der Waals surface area contributed by atoms with Crippen LogP contribution >= 0.6 is 0 Å². The van der Waals surface area contributed by atoms with Crippen LogP contribution in [0, 0.1) is 12.7 Å². The smallest absolute Gasteiger partial charge is 0.411 e. The highest BCUT2D eigenvalue weighted by atomic mass is 19.1. The van der Waals surface area contributed by atoms with Gasteiger partial charge in [0.2, 0.25) is 0 Å². The predicted octanol–water partition coefficient (Wildman–Crippen LogP) is 5.09. The number of nitrogens with zero attached hydrogens (tertiary/aromatic N) is 4. The first-order valence-corrected chi connectivity index (χ1v) is 11.3. The highest BCUT2D eigenvalue weighted by Gasteiger charge is 2.25. The van der Waals surface area contributed by atoms with Crippen LogP contribution in [0.5, 0.6) is 0 Å². The van der Waals surface area contributed by atoms with Crippen LogP contribution in [-0.4, -0.2) is 37.4 Å². The van der Waals surface area contributed by atoms with Gasteiger partial charge in [0.1, 0.15) is 23.5 Å². The minimum absolute atomic E-state index is 0.155. The van der Waals surface area contributed by atoms with Crippen molar-refractivity contribution >= 4 is 12.4 Å². The number of aromatic nitrogens is 3. The number of aryl methyl sites for hydroxylation is 2. The second-order valence-electron chi connectivity index (χ2n) is 9.22. The van der Waals surface area contributed by atoms with Crippen molar-refractivity contribution in [3.8, 4) is 0 Å². The topological polar surface area (TPSA) is 77.3 Å². The Kier molecular flexibility index (Phi) is 7.81. The molecule has 0 aliphatic heterocycles. The summed E-state index contributed by atoms with van der Waals surface area (Å²) in [5.41, 5.74) is 3.02. The Bertz CT molecular complexity index is 1150. The second-order valence-corrected chi connectivity index (χ2v) is 9.22. The van der Waals surface area contributed by atoms with Gasteiger partial charge in [0.25, 0.3) is 0 Å². The van der Waals surface area contributed by atoms with E-state index in [4.69, 9.17) is 4.74 Å². The van der Waals surface area contributed by atoms with E-state index in [1.807, 2.05) is 32.3 Å². The zero-order chi connectivity index (χ0) is 24.9. The van der Waals surface area contributed by atoms with E-state index in [0.29, 0.717) is 29.3 Å². The lowest BCUT2D eigenvalue weighted by Gasteiger charge is -2.27. The van der Waals surface area contributed by atoms with Gasteiger partial charge in [-0.3, -0.25) is 14.7 Å². The normalized spacial score (nSPS) is 11.4. The van der Waals surface area contributed by atoms with Crippen molar-refractivity contribution in [2.24, 2.45) is 0 Å². The number of aldehydes is 1. The molecule has 0 fully saturated rings. The number of carbonyl (C=O) groups is 2. The number of pyridine rings is 1. The van der Waals surface area contributed by atoms with Crippen molar-refractivity contribution in [2.45, 2.75) is 66.3 Å². The molecule has 0 saturated heterocycles. The molecule has 8 heteroatoms. The third-order valence-electron chi connectivity index (χ3n) is 5.14. The zero-order valence-electron chi connectivity index (χ0n) is 20.3. The van der Waals surface area contributed by atoms with Gasteiger partial charge in [-0.1, -0.05) is 19.1 Å². The summed E-state index contributed by atoms with van der Waals surface area (Å²) >= 11 is 0. The Morgan fingerprint density at radius 1 is 1.18 bits per heavy atom. The summed E-state index contributed by atoms with van der Waals surface area (Å²) in [7, 11) is 0. The Hall–Kier alpha value is -3.55. The molecule has 180 valence electrons. The number of carbonyl (C=O) groups excluding carboxylic acids is 2. The van der Waals surface area contributed by atoms with Crippen molar-refractivity contribution in [2.75, 3.05) is 0 Å². The van der Waals surface area contributed by atoms with Gasteiger partial charge in [-0.2, -0.15) is 0 Å². The lowest BCUT2D eigenvalue weighted by molar-refractivity contribution is 0.0207. The van der Waals surface area contributed by atoms with E-state index >= 15 is 0 Å². The Morgan fingerprint density at radius 3 is 2.50 bits per heavy atom. The van der Waals surface area contributed by atoms with Crippen LogP contribution in [0.4, 0.5) is 9.18 Å². The number of rotatable bonds is 8. The van der Waals surface area contributed by atoms with Crippen molar-refractivity contribution in [1.82, 2.24) is 19.4 Å². The molecule has 0 N–H and O–H groups in total. The number of ether oxygens (including phenoxy) is 1. The molecule has 3 rings (SSSR count). The number of hydrogen-bond acceptors (Lipinski definition) is 5. The predicted molar refractivity (Wildman–Crippen MR) is 127 cm³/mol. The molecular formula is C26H31FN4O3. The molecular weight excluding hydrogens is 435 g/mol. The number of amides is 1. The van der Waals surface area contributed by atoms with Crippen molar-refractivity contribution in [1.29, 1.82) is 0 Å². The molecule has 0 atom stereocenters. The van der Waals surface area contributed by atoms with Crippen molar-refractivity contribution in [3.63, 3.8) is 0 Å². The van der Waals surface area contributed by atoms with Crippen LogP contribution in [-0.2, 0) is 30.8 Å². The Morgan fingerprint density at radius 2 is 1.88 bits per heavy atom. The number of imidazole rings is 1. The van der Waals surface area contributed by atoms with Gasteiger partial charge in [-0.25, -0.2) is 14.2 Å². The molecule has 1 aromatic carbocycles. The molecule has 0 bridgehead atoms. The molecule has 0 aliphatic rings. The number of benzene rings is 1. The molecule has 0 spiro atoms. The fourth-order valence-electron chi connectivity index (χ4n) is 3.62. The van der Waals surface area contributed by atoms with E-state index in [-0.39, 0.29) is 18.9 Å². The van der Waals surface area contributed by atoms with Crippen LogP contribution in [0.1, 0.15) is 66.5 Å². The fourth-order valence-corrected chi connectivity index (χ4v) is 3.62. The fraction of sp³-hybridized carbons (Fsp3) is 0.385. The van der Waals surface area contributed by atoms with Crippen molar-refractivity contribution in [3.05, 3.63) is 82.4 Å². The maximum Gasteiger partial charge on any atom is 0.411 e. The van der Waals surface area contributed by atoms with Gasteiger partial charge in [0.05, 0.1) is 18.8 Å². The third-order valence-corrected chi connectivity index (χ3v) is 5.14. The van der Waals surface area contributed by atoms with Crippen LogP contribution < -0.4 is 0 Å². The maximum atomic E-state index is 13.4. The Labute approximate surface area is 199 Å². The zero-order valence-corrected chi connectivity index (χ0v) is 20.3. The summed E-state index contributed by atoms with van der Waals surface area (Å²) in [6, 6.07) is 9.69. The summed E-state index contributed by atoms with van der Waals surface area (Å²) < 4.78 is 21.1. The summed E-state index contributed by atoms with van der Waals surface area (Å²) in [5, 5.41) is 0. The molecule has 34 heavy (non-hydrogen) atoms. The lowest BCUT2D eigenvalue weighted by Crippen LogP contribution is -2.37.